The van der Waals surface area contributed by atoms with E-state index in [9.17, 15) is 27.6 Å². The maximum absolute atomic E-state index is 13.6. The predicted molar refractivity (Wildman–Crippen MR) is 85.5 cm³/mol. The van der Waals surface area contributed by atoms with Gasteiger partial charge >= 0.3 is 5.97 Å². The normalized spacial score (nSPS) is 10.5. The first-order valence-corrected chi connectivity index (χ1v) is 7.41. The molecule has 26 heavy (non-hydrogen) atoms. The van der Waals surface area contributed by atoms with Crippen LogP contribution in [-0.2, 0) is 16.0 Å². The minimum atomic E-state index is -1.72. The molecule has 0 radical (unpaired) electrons. The lowest BCUT2D eigenvalue weighted by Crippen LogP contribution is -2.18. The molecule has 0 bridgehead atoms. The van der Waals surface area contributed by atoms with Crippen molar-refractivity contribution in [1.82, 2.24) is 4.98 Å². The molecule has 1 aromatic heterocycles. The van der Waals surface area contributed by atoms with Gasteiger partial charge in [0.05, 0.1) is 30.5 Å². The fraction of sp³-hybridized carbons (Fsp3) is 0.235. The first-order chi connectivity index (χ1) is 12.2. The van der Waals surface area contributed by atoms with Gasteiger partial charge in [0.25, 0.3) is 0 Å². The molecule has 2 aromatic rings. The number of methoxy groups -OCH3 is 1. The number of aromatic amines is 1. The van der Waals surface area contributed by atoms with E-state index >= 15 is 0 Å². The van der Waals surface area contributed by atoms with Crippen LogP contribution in [0.4, 0.5) is 18.9 Å². The Balaban J connectivity index is 2.32. The summed E-state index contributed by atoms with van der Waals surface area (Å²) in [4.78, 5) is 38.4. The summed E-state index contributed by atoms with van der Waals surface area (Å²) >= 11 is 0. The molecule has 1 amide bonds. The molecular formula is C17H15F3N2O4. The minimum Gasteiger partial charge on any atom is -0.465 e. The zero-order valence-corrected chi connectivity index (χ0v) is 14.1. The number of nitrogens with one attached hydrogen (secondary N) is 2. The van der Waals surface area contributed by atoms with Crippen LogP contribution in [0.1, 0.15) is 39.0 Å². The second-order valence-corrected chi connectivity index (χ2v) is 5.47. The van der Waals surface area contributed by atoms with Crippen LogP contribution in [0, 0.1) is 24.4 Å². The third-order valence-corrected chi connectivity index (χ3v) is 3.72. The molecule has 9 heteroatoms. The van der Waals surface area contributed by atoms with E-state index in [-0.39, 0.29) is 22.7 Å². The SMILES string of the molecule is COC(=O)c1c(CC(=O)Nc2ccc(F)c(F)c2F)[nH]c(C(C)=O)c1C. The Morgan fingerprint density at radius 2 is 1.81 bits per heavy atom. The number of amides is 1. The summed E-state index contributed by atoms with van der Waals surface area (Å²) in [5, 5.41) is 2.09. The van der Waals surface area contributed by atoms with Crippen molar-refractivity contribution in [3.63, 3.8) is 0 Å². The van der Waals surface area contributed by atoms with E-state index in [1.165, 1.54) is 13.8 Å². The standard InChI is InChI=1S/C17H15F3N2O4/c1-7-13(17(25)26-3)11(22-16(7)8(2)23)6-12(24)21-10-5-4-9(18)14(19)15(10)20/h4-5,22H,6H2,1-3H3,(H,21,24). The number of carbonyl (C=O) groups excluding carboxylic acids is 3. The Morgan fingerprint density at radius 1 is 1.15 bits per heavy atom. The van der Waals surface area contributed by atoms with Crippen LogP contribution in [-0.4, -0.2) is 29.8 Å². The third-order valence-electron chi connectivity index (χ3n) is 3.72. The van der Waals surface area contributed by atoms with Crippen LogP contribution in [0.15, 0.2) is 12.1 Å². The lowest BCUT2D eigenvalue weighted by atomic mass is 10.1. The van der Waals surface area contributed by atoms with E-state index in [1.807, 2.05) is 0 Å². The highest BCUT2D eigenvalue weighted by Crippen LogP contribution is 2.23. The number of rotatable bonds is 5. The molecule has 6 nitrogen and oxygen atoms in total. The first-order valence-electron chi connectivity index (χ1n) is 7.41. The highest BCUT2D eigenvalue weighted by atomic mass is 19.2. The van der Waals surface area contributed by atoms with Crippen LogP contribution in [0.2, 0.25) is 0 Å². The molecule has 0 aliphatic carbocycles. The van der Waals surface area contributed by atoms with E-state index < -0.39 is 41.4 Å². The second kappa shape index (κ2) is 7.42. The van der Waals surface area contributed by atoms with Crippen molar-refractivity contribution in [2.24, 2.45) is 0 Å². The summed E-state index contributed by atoms with van der Waals surface area (Å²) in [5.41, 5.74) is -0.0133. The Hall–Kier alpha value is -3.10. The van der Waals surface area contributed by atoms with Gasteiger partial charge in [-0.15, -0.1) is 0 Å². The Labute approximate surface area is 146 Å². The van der Waals surface area contributed by atoms with E-state index in [1.54, 1.807) is 0 Å². The van der Waals surface area contributed by atoms with Gasteiger partial charge in [0.2, 0.25) is 5.91 Å². The molecule has 2 N–H and O–H groups in total. The van der Waals surface area contributed by atoms with Gasteiger partial charge in [0, 0.05) is 12.6 Å². The van der Waals surface area contributed by atoms with Crippen molar-refractivity contribution >= 4 is 23.3 Å². The van der Waals surface area contributed by atoms with Gasteiger partial charge in [-0.05, 0) is 24.6 Å². The zero-order chi connectivity index (χ0) is 19.6. The molecule has 0 saturated heterocycles. The van der Waals surface area contributed by atoms with Crippen LogP contribution >= 0.6 is 0 Å². The van der Waals surface area contributed by atoms with Gasteiger partial charge in [0.15, 0.2) is 23.2 Å². The van der Waals surface area contributed by atoms with Gasteiger partial charge in [-0.2, -0.15) is 0 Å². The quantitative estimate of drug-likeness (QED) is 0.483. The Bertz CT molecular complexity index is 906. The highest BCUT2D eigenvalue weighted by molar-refractivity contribution is 6.02. The lowest BCUT2D eigenvalue weighted by molar-refractivity contribution is -0.115. The van der Waals surface area contributed by atoms with Crippen molar-refractivity contribution in [3.05, 3.63) is 52.1 Å². The van der Waals surface area contributed by atoms with Gasteiger partial charge in [-0.1, -0.05) is 0 Å². The number of ketones is 1. The summed E-state index contributed by atoms with van der Waals surface area (Å²) in [6.45, 7) is 2.79. The average Bonchev–Trinajstić information content (AvgIpc) is 2.91. The van der Waals surface area contributed by atoms with Crippen LogP contribution in [0.3, 0.4) is 0 Å². The fourth-order valence-electron chi connectivity index (χ4n) is 2.50. The van der Waals surface area contributed by atoms with Crippen molar-refractivity contribution < 1.29 is 32.3 Å². The number of benzene rings is 1. The van der Waals surface area contributed by atoms with Crippen molar-refractivity contribution in [1.29, 1.82) is 0 Å². The Morgan fingerprint density at radius 3 is 2.38 bits per heavy atom. The molecule has 0 saturated carbocycles. The maximum Gasteiger partial charge on any atom is 0.339 e. The predicted octanol–water partition coefficient (Wildman–Crippen LogP) is 2.91. The maximum atomic E-state index is 13.6. The van der Waals surface area contributed by atoms with E-state index in [0.717, 1.165) is 13.2 Å². The molecule has 0 aliphatic heterocycles. The van der Waals surface area contributed by atoms with Crippen molar-refractivity contribution in [2.75, 3.05) is 12.4 Å². The molecule has 138 valence electrons. The number of aromatic nitrogens is 1. The molecule has 0 unspecified atom stereocenters. The molecule has 0 atom stereocenters. The highest BCUT2D eigenvalue weighted by Gasteiger charge is 2.25. The van der Waals surface area contributed by atoms with Gasteiger partial charge < -0.3 is 15.0 Å². The topological polar surface area (TPSA) is 88.3 Å². The average molecular weight is 368 g/mol. The zero-order valence-electron chi connectivity index (χ0n) is 14.1. The summed E-state index contributed by atoms with van der Waals surface area (Å²) in [5.74, 6) is -6.57. The van der Waals surface area contributed by atoms with Gasteiger partial charge in [0.1, 0.15) is 0 Å². The first kappa shape index (κ1) is 19.2. The lowest BCUT2D eigenvalue weighted by Gasteiger charge is -2.08. The molecule has 0 spiro atoms. The largest absolute Gasteiger partial charge is 0.465 e. The number of hydrogen-bond acceptors (Lipinski definition) is 4. The summed E-state index contributed by atoms with van der Waals surface area (Å²) in [7, 11) is 1.14. The number of H-pyrrole nitrogens is 1. The monoisotopic (exact) mass is 368 g/mol. The van der Waals surface area contributed by atoms with E-state index in [2.05, 4.69) is 15.0 Å². The van der Waals surface area contributed by atoms with E-state index in [4.69, 9.17) is 0 Å². The summed E-state index contributed by atoms with van der Waals surface area (Å²) < 4.78 is 44.4. The van der Waals surface area contributed by atoms with Gasteiger partial charge in [-0.3, -0.25) is 9.59 Å². The van der Waals surface area contributed by atoms with E-state index in [0.29, 0.717) is 11.6 Å². The molecule has 2 rings (SSSR count). The van der Waals surface area contributed by atoms with Crippen LogP contribution in [0.25, 0.3) is 0 Å². The Kier molecular flexibility index (Phi) is 5.49. The number of anilines is 1. The number of esters is 1. The van der Waals surface area contributed by atoms with Crippen molar-refractivity contribution in [3.8, 4) is 0 Å². The summed E-state index contributed by atoms with van der Waals surface area (Å²) in [6.07, 6.45) is -0.447. The molecule has 1 heterocycles. The third kappa shape index (κ3) is 3.61. The molecular weight excluding hydrogens is 353 g/mol. The number of ether oxygens (including phenoxy) is 1. The van der Waals surface area contributed by atoms with Crippen molar-refractivity contribution in [2.45, 2.75) is 20.3 Å². The number of carbonyl (C=O) groups is 3. The number of halogens is 3. The molecule has 0 aliphatic rings. The minimum absolute atomic E-state index is 0.0126. The summed E-state index contributed by atoms with van der Waals surface area (Å²) in [6, 6.07) is 1.54. The van der Waals surface area contributed by atoms with Crippen LogP contribution in [0.5, 0.6) is 0 Å². The van der Waals surface area contributed by atoms with Crippen LogP contribution < -0.4 is 5.32 Å². The molecule has 1 aromatic carbocycles. The number of Topliss-reactive ketones (excluding diaryl/α,β-unsaturated/α-hetero) is 1. The second-order valence-electron chi connectivity index (χ2n) is 5.47. The fourth-order valence-corrected chi connectivity index (χ4v) is 2.50. The number of hydrogen-bond donors (Lipinski definition) is 2. The molecule has 0 fully saturated rings. The van der Waals surface area contributed by atoms with Gasteiger partial charge in [-0.25, -0.2) is 18.0 Å². The smallest absolute Gasteiger partial charge is 0.339 e.